The van der Waals surface area contributed by atoms with Crippen LogP contribution in [0.3, 0.4) is 0 Å². The summed E-state index contributed by atoms with van der Waals surface area (Å²) in [5.41, 5.74) is 1.12. The molecule has 39 heavy (non-hydrogen) atoms. The van der Waals surface area contributed by atoms with Crippen LogP contribution in [-0.4, -0.2) is 75.4 Å². The number of hydrogen-bond acceptors (Lipinski definition) is 8. The van der Waals surface area contributed by atoms with E-state index in [9.17, 15) is 9.59 Å². The number of halogens is 1. The molecule has 3 aromatic rings. The standard InChI is InChI=1S/C27H34FN7O4/c1-27(2,3)39-26(37)34-10-6-7-16(14-34)31-24-17(25(36)29-4)11-18(28)23(32-24)19-13-30-21-12-20(38-5)22(15-8-9-15)33-35(19)21/h11-13,15-16H,6-10,14H2,1-5H3,(H,29,36)(H,31,32)/t16-/m1/s1. The first-order chi connectivity index (χ1) is 18.6. The molecule has 3 aromatic heterocycles. The second kappa shape index (κ2) is 10.3. The molecular weight excluding hydrogens is 505 g/mol. The summed E-state index contributed by atoms with van der Waals surface area (Å²) in [6.07, 6.45) is 4.63. The second-order valence-corrected chi connectivity index (χ2v) is 11.0. The third-order valence-electron chi connectivity index (χ3n) is 6.77. The third-order valence-corrected chi connectivity index (χ3v) is 6.77. The normalized spacial score (nSPS) is 17.7. The summed E-state index contributed by atoms with van der Waals surface area (Å²) in [7, 11) is 3.07. The van der Waals surface area contributed by atoms with Crippen LogP contribution in [0.15, 0.2) is 18.3 Å². The SMILES string of the molecule is CNC(=O)c1cc(F)c(-c2cnc3cc(OC)c(C4CC4)nn23)nc1N[C@@H]1CCCN(C(=O)OC(C)(C)C)C1. The smallest absolute Gasteiger partial charge is 0.410 e. The van der Waals surface area contributed by atoms with Gasteiger partial charge in [0, 0.05) is 38.2 Å². The van der Waals surface area contributed by atoms with E-state index in [1.54, 1.807) is 22.6 Å². The molecule has 2 N–H and O–H groups in total. The molecule has 1 aliphatic heterocycles. The Hall–Kier alpha value is -3.96. The maximum Gasteiger partial charge on any atom is 0.410 e. The maximum absolute atomic E-state index is 15.5. The van der Waals surface area contributed by atoms with Gasteiger partial charge in [-0.3, -0.25) is 4.79 Å². The molecule has 12 heteroatoms. The monoisotopic (exact) mass is 539 g/mol. The van der Waals surface area contributed by atoms with Crippen LogP contribution in [0.2, 0.25) is 0 Å². The number of likely N-dealkylation sites (tertiary alicyclic amines) is 1. The molecule has 2 fully saturated rings. The third kappa shape index (κ3) is 5.59. The fourth-order valence-corrected chi connectivity index (χ4v) is 4.74. The highest BCUT2D eigenvalue weighted by atomic mass is 19.1. The lowest BCUT2D eigenvalue weighted by atomic mass is 10.1. The van der Waals surface area contributed by atoms with Gasteiger partial charge in [0.05, 0.1) is 18.9 Å². The lowest BCUT2D eigenvalue weighted by Crippen LogP contribution is -2.47. The average Bonchev–Trinajstić information content (AvgIpc) is 3.67. The van der Waals surface area contributed by atoms with E-state index in [0.717, 1.165) is 31.4 Å². The number of hydrogen-bond donors (Lipinski definition) is 2. The number of carbonyl (C=O) groups excluding carboxylic acids is 2. The van der Waals surface area contributed by atoms with Crippen LogP contribution in [0.4, 0.5) is 15.0 Å². The fraction of sp³-hybridized carbons (Fsp3) is 0.519. The van der Waals surface area contributed by atoms with Crippen molar-refractivity contribution in [2.45, 2.75) is 64.0 Å². The van der Waals surface area contributed by atoms with Crippen molar-refractivity contribution in [3.8, 4) is 17.1 Å². The van der Waals surface area contributed by atoms with E-state index in [1.807, 2.05) is 20.8 Å². The van der Waals surface area contributed by atoms with E-state index < -0.39 is 23.4 Å². The highest BCUT2D eigenvalue weighted by Crippen LogP contribution is 2.43. The molecule has 1 saturated heterocycles. The van der Waals surface area contributed by atoms with Gasteiger partial charge in [-0.25, -0.2) is 23.7 Å². The lowest BCUT2D eigenvalue weighted by Gasteiger charge is -2.34. The molecule has 4 heterocycles. The number of aromatic nitrogens is 4. The Kier molecular flexibility index (Phi) is 7.04. The molecule has 5 rings (SSSR count). The van der Waals surface area contributed by atoms with E-state index in [2.05, 4.69) is 20.6 Å². The number of anilines is 1. The Morgan fingerprint density at radius 3 is 2.62 bits per heavy atom. The van der Waals surface area contributed by atoms with Crippen LogP contribution in [0, 0.1) is 5.82 Å². The number of amides is 2. The molecule has 1 atom stereocenters. The molecule has 1 saturated carbocycles. The summed E-state index contributed by atoms with van der Waals surface area (Å²) >= 11 is 0. The quantitative estimate of drug-likeness (QED) is 0.482. The van der Waals surface area contributed by atoms with E-state index in [4.69, 9.17) is 14.6 Å². The number of nitrogens with zero attached hydrogens (tertiary/aromatic N) is 5. The molecular formula is C27H34FN7O4. The van der Waals surface area contributed by atoms with Crippen molar-refractivity contribution >= 4 is 23.5 Å². The summed E-state index contributed by atoms with van der Waals surface area (Å²) in [5, 5.41) is 10.6. The second-order valence-electron chi connectivity index (χ2n) is 11.0. The molecule has 1 aliphatic carbocycles. The number of ether oxygens (including phenoxy) is 2. The first-order valence-corrected chi connectivity index (χ1v) is 13.2. The number of rotatable bonds is 6. The number of pyridine rings is 1. The van der Waals surface area contributed by atoms with Gasteiger partial charge in [0.15, 0.2) is 11.5 Å². The van der Waals surface area contributed by atoms with Gasteiger partial charge in [0.25, 0.3) is 5.91 Å². The molecule has 0 spiro atoms. The van der Waals surface area contributed by atoms with Crippen molar-refractivity contribution in [3.05, 3.63) is 35.4 Å². The topological polar surface area (TPSA) is 123 Å². The highest BCUT2D eigenvalue weighted by Gasteiger charge is 2.31. The van der Waals surface area contributed by atoms with Crippen LogP contribution in [-0.2, 0) is 4.74 Å². The van der Waals surface area contributed by atoms with Crippen LogP contribution < -0.4 is 15.4 Å². The zero-order valence-corrected chi connectivity index (χ0v) is 22.9. The zero-order chi connectivity index (χ0) is 27.9. The minimum absolute atomic E-state index is 0.0110. The molecule has 0 bridgehead atoms. The summed E-state index contributed by atoms with van der Waals surface area (Å²) in [6, 6.07) is 2.74. The molecule has 0 radical (unpaired) electrons. The van der Waals surface area contributed by atoms with Gasteiger partial charge < -0.3 is 25.0 Å². The van der Waals surface area contributed by atoms with E-state index in [-0.39, 0.29) is 23.1 Å². The summed E-state index contributed by atoms with van der Waals surface area (Å²) in [4.78, 5) is 35.9. The summed E-state index contributed by atoms with van der Waals surface area (Å²) in [5.74, 6) is 0.00901. The summed E-state index contributed by atoms with van der Waals surface area (Å²) < 4.78 is 28.1. The molecule has 0 aromatic carbocycles. The molecule has 0 unspecified atom stereocenters. The molecule has 11 nitrogen and oxygen atoms in total. The van der Waals surface area contributed by atoms with Gasteiger partial charge in [-0.15, -0.1) is 0 Å². The largest absolute Gasteiger partial charge is 0.495 e. The van der Waals surface area contributed by atoms with Gasteiger partial charge in [-0.05, 0) is 52.5 Å². The van der Waals surface area contributed by atoms with Gasteiger partial charge in [0.2, 0.25) is 0 Å². The number of nitrogens with one attached hydrogen (secondary N) is 2. The van der Waals surface area contributed by atoms with Crippen LogP contribution >= 0.6 is 0 Å². The van der Waals surface area contributed by atoms with Crippen molar-refractivity contribution in [1.82, 2.24) is 29.8 Å². The number of fused-ring (bicyclic) bond motifs is 1. The Morgan fingerprint density at radius 2 is 1.95 bits per heavy atom. The van der Waals surface area contributed by atoms with Crippen molar-refractivity contribution in [2.24, 2.45) is 0 Å². The van der Waals surface area contributed by atoms with Gasteiger partial charge >= 0.3 is 6.09 Å². The molecule has 2 amide bonds. The number of imidazole rings is 1. The number of carbonyl (C=O) groups is 2. The lowest BCUT2D eigenvalue weighted by molar-refractivity contribution is 0.0206. The first-order valence-electron chi connectivity index (χ1n) is 13.2. The number of piperidine rings is 1. The highest BCUT2D eigenvalue weighted by molar-refractivity contribution is 5.99. The predicted molar refractivity (Wildman–Crippen MR) is 143 cm³/mol. The Balaban J connectivity index is 1.49. The number of methoxy groups -OCH3 is 1. The van der Waals surface area contributed by atoms with E-state index in [0.29, 0.717) is 36.1 Å². The van der Waals surface area contributed by atoms with Crippen molar-refractivity contribution in [3.63, 3.8) is 0 Å². The van der Waals surface area contributed by atoms with Crippen LogP contribution in [0.5, 0.6) is 5.75 Å². The van der Waals surface area contributed by atoms with Crippen molar-refractivity contribution in [2.75, 3.05) is 32.6 Å². The van der Waals surface area contributed by atoms with Gasteiger partial charge in [-0.1, -0.05) is 0 Å². The zero-order valence-electron chi connectivity index (χ0n) is 22.9. The Labute approximate surface area is 226 Å². The molecule has 2 aliphatic rings. The van der Waals surface area contributed by atoms with Crippen LogP contribution in [0.25, 0.3) is 17.0 Å². The van der Waals surface area contributed by atoms with Crippen LogP contribution in [0.1, 0.15) is 68.4 Å². The van der Waals surface area contributed by atoms with E-state index in [1.165, 1.54) is 19.3 Å². The molecule has 208 valence electrons. The van der Waals surface area contributed by atoms with Crippen molar-refractivity contribution < 1.29 is 23.5 Å². The fourth-order valence-electron chi connectivity index (χ4n) is 4.74. The minimum Gasteiger partial charge on any atom is -0.495 e. The average molecular weight is 540 g/mol. The minimum atomic E-state index is -0.675. The van der Waals surface area contributed by atoms with Gasteiger partial charge in [0.1, 0.15) is 34.3 Å². The van der Waals surface area contributed by atoms with Gasteiger partial charge in [-0.2, -0.15) is 5.10 Å². The van der Waals surface area contributed by atoms with E-state index >= 15 is 4.39 Å². The van der Waals surface area contributed by atoms with Crippen molar-refractivity contribution in [1.29, 1.82) is 0 Å². The Morgan fingerprint density at radius 1 is 1.18 bits per heavy atom. The maximum atomic E-state index is 15.5. The Bertz CT molecular complexity index is 1410. The predicted octanol–water partition coefficient (Wildman–Crippen LogP) is 3.99. The first kappa shape index (κ1) is 26.6. The summed E-state index contributed by atoms with van der Waals surface area (Å²) in [6.45, 7) is 6.39.